The van der Waals surface area contributed by atoms with Gasteiger partial charge < -0.3 is 14.7 Å². The monoisotopic (exact) mass is 576 g/mol. The second-order valence-corrected chi connectivity index (χ2v) is 10.0. The fourth-order valence-corrected chi connectivity index (χ4v) is 4.83. The summed E-state index contributed by atoms with van der Waals surface area (Å²) < 4.78 is 5.15. The molecule has 0 aliphatic heterocycles. The molecule has 2 unspecified atom stereocenters. The second-order valence-electron chi connectivity index (χ2n) is 10.0. The summed E-state index contributed by atoms with van der Waals surface area (Å²) in [6.45, 7) is 0. The van der Waals surface area contributed by atoms with E-state index in [2.05, 4.69) is 63.1 Å². The highest BCUT2D eigenvalue weighted by atomic mass is 16.5. The number of amides is 2. The van der Waals surface area contributed by atoms with E-state index in [-0.39, 0.29) is 42.0 Å². The van der Waals surface area contributed by atoms with Crippen molar-refractivity contribution in [3.63, 3.8) is 0 Å². The van der Waals surface area contributed by atoms with Gasteiger partial charge in [0.2, 0.25) is 23.7 Å². The summed E-state index contributed by atoms with van der Waals surface area (Å²) in [6, 6.07) is 16.6. The number of H-pyrrole nitrogens is 2. The molecule has 13 heteroatoms. The molecule has 1 aliphatic carbocycles. The minimum absolute atomic E-state index is 0.0845. The van der Waals surface area contributed by atoms with Crippen molar-refractivity contribution in [3.05, 3.63) is 90.3 Å². The van der Waals surface area contributed by atoms with E-state index in [0.717, 1.165) is 23.3 Å². The van der Waals surface area contributed by atoms with Gasteiger partial charge in [-0.1, -0.05) is 36.4 Å². The molecule has 0 spiro atoms. The summed E-state index contributed by atoms with van der Waals surface area (Å²) in [5, 5.41) is 21.7. The lowest BCUT2D eigenvalue weighted by Gasteiger charge is -2.12. The topological polar surface area (TPSA) is 176 Å². The lowest BCUT2D eigenvalue weighted by Crippen LogP contribution is -2.16. The Morgan fingerprint density at radius 1 is 0.837 bits per heavy atom. The number of nitrogens with zero attached hydrogens (tertiary/aromatic N) is 6. The molecular formula is C30H28N10O3. The fourth-order valence-electron chi connectivity index (χ4n) is 4.83. The van der Waals surface area contributed by atoms with Gasteiger partial charge in [-0.05, 0) is 53.8 Å². The first kappa shape index (κ1) is 27.4. The molecular weight excluding hydrogens is 548 g/mol. The van der Waals surface area contributed by atoms with Gasteiger partial charge in [0.05, 0.1) is 13.5 Å². The molecule has 4 heterocycles. The minimum atomic E-state index is -0.220. The molecule has 4 N–H and O–H groups in total. The van der Waals surface area contributed by atoms with E-state index in [9.17, 15) is 9.59 Å². The molecule has 2 atom stereocenters. The SMILES string of the molecule is COc1ccc(CC(=O)Nc2nnc(-c3ccc(C4C=CC(CC(=O)Nc5nnc(-c6ccccn6)[nH]5)C4)cn3)[nH]2)cc1. The highest BCUT2D eigenvalue weighted by molar-refractivity contribution is 5.91. The smallest absolute Gasteiger partial charge is 0.231 e. The molecule has 216 valence electrons. The molecule has 0 radical (unpaired) electrons. The van der Waals surface area contributed by atoms with Gasteiger partial charge in [0, 0.05) is 24.7 Å². The Hall–Kier alpha value is -5.72. The molecule has 43 heavy (non-hydrogen) atoms. The van der Waals surface area contributed by atoms with Gasteiger partial charge in [0.25, 0.3) is 0 Å². The van der Waals surface area contributed by atoms with Crippen LogP contribution in [0.2, 0.25) is 0 Å². The Balaban J connectivity index is 0.985. The number of carbonyl (C=O) groups is 2. The second kappa shape index (κ2) is 12.4. The number of pyridine rings is 2. The Morgan fingerprint density at radius 3 is 2.21 bits per heavy atom. The van der Waals surface area contributed by atoms with Crippen LogP contribution in [0, 0.1) is 5.92 Å². The summed E-state index contributed by atoms with van der Waals surface area (Å²) in [5.74, 6) is 2.06. The van der Waals surface area contributed by atoms with Crippen molar-refractivity contribution in [2.75, 3.05) is 17.7 Å². The quantitative estimate of drug-likeness (QED) is 0.179. The maximum absolute atomic E-state index is 12.6. The van der Waals surface area contributed by atoms with Crippen molar-refractivity contribution >= 4 is 23.7 Å². The first-order valence-electron chi connectivity index (χ1n) is 13.7. The average molecular weight is 577 g/mol. The molecule has 0 saturated carbocycles. The number of hydrogen-bond acceptors (Lipinski definition) is 9. The Kier molecular flexibility index (Phi) is 7.93. The lowest BCUT2D eigenvalue weighted by atomic mass is 9.95. The third-order valence-electron chi connectivity index (χ3n) is 7.00. The van der Waals surface area contributed by atoms with Gasteiger partial charge >= 0.3 is 0 Å². The Bertz CT molecular complexity index is 1730. The van der Waals surface area contributed by atoms with Crippen LogP contribution in [0.1, 0.15) is 29.9 Å². The zero-order chi connectivity index (χ0) is 29.6. The first-order chi connectivity index (χ1) is 21.0. The highest BCUT2D eigenvalue weighted by Crippen LogP contribution is 2.34. The molecule has 1 aliphatic rings. The maximum atomic E-state index is 12.6. The van der Waals surface area contributed by atoms with E-state index in [1.807, 2.05) is 54.6 Å². The van der Waals surface area contributed by atoms with Gasteiger partial charge in [-0.2, -0.15) is 0 Å². The molecule has 1 aromatic carbocycles. The normalized spacial score (nSPS) is 15.7. The standard InChI is InChI=1S/C30H28N10O3/c1-43-22-10-6-18(7-11-22)15-25(41)33-29-36-28(38-40-29)24-12-9-21(17-32-24)20-8-5-19(14-20)16-26(42)34-30-35-27(37-39-30)23-4-2-3-13-31-23/h2-13,17,19-20H,14-16H2,1H3,(H2,33,36,38,40,41)(H2,34,35,37,39,42). The number of benzene rings is 1. The number of aromatic amines is 2. The molecule has 0 saturated heterocycles. The summed E-state index contributed by atoms with van der Waals surface area (Å²) in [5.41, 5.74) is 3.13. The third-order valence-corrected chi connectivity index (χ3v) is 7.00. The van der Waals surface area contributed by atoms with E-state index in [1.165, 1.54) is 0 Å². The van der Waals surface area contributed by atoms with E-state index in [1.54, 1.807) is 19.5 Å². The van der Waals surface area contributed by atoms with Gasteiger partial charge in [-0.25, -0.2) is 0 Å². The van der Waals surface area contributed by atoms with Crippen molar-refractivity contribution < 1.29 is 14.3 Å². The van der Waals surface area contributed by atoms with Crippen molar-refractivity contribution in [1.82, 2.24) is 40.3 Å². The zero-order valence-electron chi connectivity index (χ0n) is 23.2. The van der Waals surface area contributed by atoms with Crippen LogP contribution in [-0.2, 0) is 16.0 Å². The van der Waals surface area contributed by atoms with Gasteiger partial charge in [-0.15, -0.1) is 20.4 Å². The predicted molar refractivity (Wildman–Crippen MR) is 158 cm³/mol. The Labute approximate surface area is 246 Å². The molecule has 0 bridgehead atoms. The molecule has 4 aromatic heterocycles. The molecule has 0 fully saturated rings. The maximum Gasteiger partial charge on any atom is 0.231 e. The first-order valence-corrected chi connectivity index (χ1v) is 13.7. The summed E-state index contributed by atoms with van der Waals surface area (Å²) in [6.07, 6.45) is 8.94. The predicted octanol–water partition coefficient (Wildman–Crippen LogP) is 3.93. The van der Waals surface area contributed by atoms with Crippen LogP contribution in [0.4, 0.5) is 11.9 Å². The van der Waals surface area contributed by atoms with Crippen LogP contribution in [0.15, 0.2) is 79.1 Å². The van der Waals surface area contributed by atoms with Crippen LogP contribution in [0.3, 0.4) is 0 Å². The van der Waals surface area contributed by atoms with E-state index in [4.69, 9.17) is 4.74 Å². The van der Waals surface area contributed by atoms with E-state index in [0.29, 0.717) is 29.5 Å². The number of methoxy groups -OCH3 is 1. The van der Waals surface area contributed by atoms with Gasteiger partial charge in [0.1, 0.15) is 17.1 Å². The summed E-state index contributed by atoms with van der Waals surface area (Å²) in [4.78, 5) is 39.8. The molecule has 13 nitrogen and oxygen atoms in total. The highest BCUT2D eigenvalue weighted by Gasteiger charge is 2.23. The summed E-state index contributed by atoms with van der Waals surface area (Å²) >= 11 is 0. The number of ether oxygens (including phenoxy) is 1. The number of carbonyl (C=O) groups excluding carboxylic acids is 2. The van der Waals surface area contributed by atoms with Crippen molar-refractivity contribution in [2.45, 2.75) is 25.2 Å². The summed E-state index contributed by atoms with van der Waals surface area (Å²) in [7, 11) is 1.60. The molecule has 5 aromatic rings. The number of anilines is 2. The van der Waals surface area contributed by atoms with E-state index < -0.39 is 0 Å². The van der Waals surface area contributed by atoms with E-state index >= 15 is 0 Å². The van der Waals surface area contributed by atoms with Crippen LogP contribution in [0.25, 0.3) is 23.0 Å². The van der Waals surface area contributed by atoms with Crippen molar-refractivity contribution in [2.24, 2.45) is 5.92 Å². The largest absolute Gasteiger partial charge is 0.497 e. The van der Waals surface area contributed by atoms with Crippen molar-refractivity contribution in [1.29, 1.82) is 0 Å². The van der Waals surface area contributed by atoms with Crippen LogP contribution in [0.5, 0.6) is 5.75 Å². The lowest BCUT2D eigenvalue weighted by molar-refractivity contribution is -0.117. The number of rotatable bonds is 10. The minimum Gasteiger partial charge on any atom is -0.497 e. The third kappa shape index (κ3) is 6.78. The number of allylic oxidation sites excluding steroid dienone is 2. The van der Waals surface area contributed by atoms with Crippen LogP contribution >= 0.6 is 0 Å². The van der Waals surface area contributed by atoms with Crippen molar-refractivity contribution in [3.8, 4) is 28.8 Å². The number of hydrogen-bond donors (Lipinski definition) is 4. The molecule has 6 rings (SSSR count). The fraction of sp³-hybridized carbons (Fsp3) is 0.200. The zero-order valence-corrected chi connectivity index (χ0v) is 23.2. The van der Waals surface area contributed by atoms with Gasteiger partial charge in [-0.3, -0.25) is 30.2 Å². The molecule has 2 amide bonds. The van der Waals surface area contributed by atoms with Crippen LogP contribution < -0.4 is 15.4 Å². The average Bonchev–Trinajstić information content (AvgIpc) is 3.80. The number of nitrogens with one attached hydrogen (secondary N) is 4. The van der Waals surface area contributed by atoms with Crippen LogP contribution in [-0.4, -0.2) is 59.3 Å². The van der Waals surface area contributed by atoms with Gasteiger partial charge in [0.15, 0.2) is 11.6 Å². The number of aromatic nitrogens is 8. The Morgan fingerprint density at radius 2 is 1.56 bits per heavy atom.